The first-order valence-electron chi connectivity index (χ1n) is 3.28. The fourth-order valence-corrected chi connectivity index (χ4v) is 0.777. The highest BCUT2D eigenvalue weighted by Crippen LogP contribution is 2.17. The summed E-state index contributed by atoms with van der Waals surface area (Å²) in [5, 5.41) is 0. The highest BCUT2D eigenvalue weighted by molar-refractivity contribution is 5.13. The van der Waals surface area contributed by atoms with Gasteiger partial charge in [0.25, 0.3) is 0 Å². The predicted octanol–water partition coefficient (Wildman–Crippen LogP) is 1.55. The topological polar surface area (TPSA) is 35.3 Å². The maximum Gasteiger partial charge on any atom is 0.307 e. The van der Waals surface area contributed by atoms with Gasteiger partial charge in [-0.3, -0.25) is 0 Å². The summed E-state index contributed by atoms with van der Waals surface area (Å²) in [6, 6.07) is 0. The van der Waals surface area contributed by atoms with E-state index >= 15 is 0 Å². The molecule has 1 aromatic heterocycles. The largest absolute Gasteiger partial charge is 0.467 e. The second kappa shape index (κ2) is 2.73. The summed E-state index contributed by atoms with van der Waals surface area (Å²) < 4.78 is 10.1. The lowest BCUT2D eigenvalue weighted by Gasteiger charge is -1.90. The summed E-state index contributed by atoms with van der Waals surface area (Å²) in [4.78, 5) is 4.11. The lowest BCUT2D eigenvalue weighted by atomic mass is 10.5. The van der Waals surface area contributed by atoms with Crippen LogP contribution in [0.5, 0.6) is 5.95 Å². The SMILES string of the molecule is CCc1nc(C)c(OC)o1. The van der Waals surface area contributed by atoms with Crippen molar-refractivity contribution >= 4 is 0 Å². The van der Waals surface area contributed by atoms with Gasteiger partial charge in [0.2, 0.25) is 0 Å². The molecule has 0 aliphatic carbocycles. The Labute approximate surface area is 60.0 Å². The average Bonchev–Trinajstić information content (AvgIpc) is 2.30. The Morgan fingerprint density at radius 1 is 1.60 bits per heavy atom. The van der Waals surface area contributed by atoms with Crippen molar-refractivity contribution in [2.24, 2.45) is 0 Å². The monoisotopic (exact) mass is 141 g/mol. The number of rotatable bonds is 2. The fraction of sp³-hybridized carbons (Fsp3) is 0.571. The molecule has 1 heterocycles. The van der Waals surface area contributed by atoms with Crippen LogP contribution in [0.3, 0.4) is 0 Å². The Kier molecular flexibility index (Phi) is 1.94. The van der Waals surface area contributed by atoms with E-state index in [4.69, 9.17) is 9.15 Å². The molecule has 0 amide bonds. The van der Waals surface area contributed by atoms with Crippen LogP contribution in [0.25, 0.3) is 0 Å². The summed E-state index contributed by atoms with van der Waals surface area (Å²) in [5.74, 6) is 1.26. The van der Waals surface area contributed by atoms with E-state index in [1.165, 1.54) is 0 Å². The zero-order valence-electron chi connectivity index (χ0n) is 6.47. The summed E-state index contributed by atoms with van der Waals surface area (Å²) >= 11 is 0. The number of oxazole rings is 1. The molecule has 0 saturated heterocycles. The fourth-order valence-electron chi connectivity index (χ4n) is 0.777. The lowest BCUT2D eigenvalue weighted by molar-refractivity contribution is 0.292. The van der Waals surface area contributed by atoms with E-state index in [-0.39, 0.29) is 0 Å². The molecule has 0 atom stereocenters. The van der Waals surface area contributed by atoms with Crippen molar-refractivity contribution in [1.82, 2.24) is 4.98 Å². The number of aryl methyl sites for hydroxylation is 2. The van der Waals surface area contributed by atoms with Gasteiger partial charge in [-0.05, 0) is 6.92 Å². The first kappa shape index (κ1) is 7.12. The Morgan fingerprint density at radius 2 is 2.30 bits per heavy atom. The highest BCUT2D eigenvalue weighted by Gasteiger charge is 2.06. The Hall–Kier alpha value is -0.990. The molecule has 0 aliphatic rings. The smallest absolute Gasteiger partial charge is 0.307 e. The van der Waals surface area contributed by atoms with E-state index < -0.39 is 0 Å². The first-order valence-corrected chi connectivity index (χ1v) is 3.28. The Bertz CT molecular complexity index is 217. The van der Waals surface area contributed by atoms with Crippen molar-refractivity contribution in [3.05, 3.63) is 11.6 Å². The van der Waals surface area contributed by atoms with Gasteiger partial charge in [-0.15, -0.1) is 0 Å². The number of hydrogen-bond donors (Lipinski definition) is 0. The lowest BCUT2D eigenvalue weighted by Crippen LogP contribution is -1.81. The van der Waals surface area contributed by atoms with Crippen LogP contribution in [0.1, 0.15) is 18.5 Å². The van der Waals surface area contributed by atoms with Crippen LogP contribution in [-0.4, -0.2) is 12.1 Å². The molecule has 0 bridgehead atoms. The minimum Gasteiger partial charge on any atom is -0.467 e. The molecular formula is C7H11NO2. The zero-order chi connectivity index (χ0) is 7.56. The van der Waals surface area contributed by atoms with Gasteiger partial charge in [0.15, 0.2) is 5.89 Å². The third-order valence-electron chi connectivity index (χ3n) is 1.29. The number of methoxy groups -OCH3 is 1. The van der Waals surface area contributed by atoms with E-state index in [1.807, 2.05) is 13.8 Å². The third-order valence-corrected chi connectivity index (χ3v) is 1.29. The minimum atomic E-state index is 0.525. The van der Waals surface area contributed by atoms with E-state index in [9.17, 15) is 0 Å². The van der Waals surface area contributed by atoms with Gasteiger partial charge >= 0.3 is 5.95 Å². The number of nitrogens with zero attached hydrogens (tertiary/aromatic N) is 1. The van der Waals surface area contributed by atoms with Crippen LogP contribution in [0, 0.1) is 6.92 Å². The quantitative estimate of drug-likeness (QED) is 0.626. The molecule has 10 heavy (non-hydrogen) atoms. The maximum atomic E-state index is 5.18. The van der Waals surface area contributed by atoms with Crippen LogP contribution in [0.4, 0.5) is 0 Å². The molecule has 0 fully saturated rings. The molecule has 1 rings (SSSR count). The van der Waals surface area contributed by atoms with Crippen LogP contribution in [-0.2, 0) is 6.42 Å². The van der Waals surface area contributed by atoms with Crippen molar-refractivity contribution in [3.63, 3.8) is 0 Å². The molecule has 0 unspecified atom stereocenters. The standard InChI is InChI=1S/C7H11NO2/c1-4-6-8-5(2)7(9-3)10-6/h4H2,1-3H3. The summed E-state index contributed by atoms with van der Waals surface area (Å²) in [6.07, 6.45) is 0.810. The highest BCUT2D eigenvalue weighted by atomic mass is 16.6. The Balaban J connectivity index is 2.92. The normalized spacial score (nSPS) is 9.90. The minimum absolute atomic E-state index is 0.525. The van der Waals surface area contributed by atoms with Crippen molar-refractivity contribution in [2.45, 2.75) is 20.3 Å². The molecule has 0 saturated carbocycles. The van der Waals surface area contributed by atoms with E-state index in [0.717, 1.165) is 18.0 Å². The van der Waals surface area contributed by atoms with Gasteiger partial charge in [-0.25, -0.2) is 4.98 Å². The number of ether oxygens (including phenoxy) is 1. The van der Waals surface area contributed by atoms with Crippen LogP contribution in [0.15, 0.2) is 4.42 Å². The van der Waals surface area contributed by atoms with E-state index in [1.54, 1.807) is 7.11 Å². The molecule has 3 nitrogen and oxygen atoms in total. The molecule has 0 N–H and O–H groups in total. The summed E-state index contributed by atoms with van der Waals surface area (Å²) in [5.41, 5.74) is 0.819. The molecule has 1 aromatic rings. The van der Waals surface area contributed by atoms with E-state index in [2.05, 4.69) is 4.98 Å². The second-order valence-corrected chi connectivity index (χ2v) is 2.04. The van der Waals surface area contributed by atoms with Crippen molar-refractivity contribution < 1.29 is 9.15 Å². The molecule has 0 aliphatic heterocycles. The number of hydrogen-bond acceptors (Lipinski definition) is 3. The van der Waals surface area contributed by atoms with Crippen molar-refractivity contribution in [2.75, 3.05) is 7.11 Å². The Morgan fingerprint density at radius 3 is 2.60 bits per heavy atom. The van der Waals surface area contributed by atoms with Crippen LogP contribution in [0.2, 0.25) is 0 Å². The van der Waals surface area contributed by atoms with Crippen molar-refractivity contribution in [1.29, 1.82) is 0 Å². The summed E-state index contributed by atoms with van der Waals surface area (Å²) in [6.45, 7) is 3.85. The first-order chi connectivity index (χ1) is 4.77. The van der Waals surface area contributed by atoms with Gasteiger partial charge in [0, 0.05) is 6.42 Å². The molecule has 0 spiro atoms. The molecule has 0 aromatic carbocycles. The number of aromatic nitrogens is 1. The third kappa shape index (κ3) is 1.12. The maximum absolute atomic E-state index is 5.18. The van der Waals surface area contributed by atoms with Gasteiger partial charge in [-0.1, -0.05) is 6.92 Å². The van der Waals surface area contributed by atoms with E-state index in [0.29, 0.717) is 5.95 Å². The van der Waals surface area contributed by atoms with Crippen LogP contribution >= 0.6 is 0 Å². The summed E-state index contributed by atoms with van der Waals surface area (Å²) in [7, 11) is 1.58. The molecule has 0 radical (unpaired) electrons. The van der Waals surface area contributed by atoms with Gasteiger partial charge < -0.3 is 9.15 Å². The second-order valence-electron chi connectivity index (χ2n) is 2.04. The predicted molar refractivity (Wildman–Crippen MR) is 37.2 cm³/mol. The molecular weight excluding hydrogens is 130 g/mol. The van der Waals surface area contributed by atoms with Crippen LogP contribution < -0.4 is 4.74 Å². The zero-order valence-corrected chi connectivity index (χ0v) is 6.47. The van der Waals surface area contributed by atoms with Gasteiger partial charge in [-0.2, -0.15) is 0 Å². The molecule has 3 heteroatoms. The van der Waals surface area contributed by atoms with Gasteiger partial charge in [0.1, 0.15) is 5.69 Å². The van der Waals surface area contributed by atoms with Gasteiger partial charge in [0.05, 0.1) is 7.11 Å². The average molecular weight is 141 g/mol. The molecule has 56 valence electrons. The van der Waals surface area contributed by atoms with Crippen molar-refractivity contribution in [3.8, 4) is 5.95 Å².